The first kappa shape index (κ1) is 13.1. The van der Waals surface area contributed by atoms with Crippen LogP contribution in [0.3, 0.4) is 0 Å². The van der Waals surface area contributed by atoms with Crippen LogP contribution < -0.4 is 0 Å². The Morgan fingerprint density at radius 2 is 1.74 bits per heavy atom. The van der Waals surface area contributed by atoms with E-state index in [2.05, 4.69) is 0 Å². The first-order valence-corrected chi connectivity index (χ1v) is 6.24. The molecule has 0 amide bonds. The molecule has 19 heavy (non-hydrogen) atoms. The Labute approximate surface area is 113 Å². The molecule has 0 fully saturated rings. The molecule has 0 bridgehead atoms. The number of benzene rings is 2. The van der Waals surface area contributed by atoms with Crippen LogP contribution in [0.4, 0.5) is 0 Å². The van der Waals surface area contributed by atoms with E-state index in [0.29, 0.717) is 12.2 Å². The molecule has 0 aliphatic rings. The van der Waals surface area contributed by atoms with Gasteiger partial charge in [-0.25, -0.2) is 4.79 Å². The minimum Gasteiger partial charge on any atom is -0.457 e. The van der Waals surface area contributed by atoms with Crippen LogP contribution in [-0.4, -0.2) is 5.97 Å². The van der Waals surface area contributed by atoms with Gasteiger partial charge in [-0.05, 0) is 24.1 Å². The normalized spacial score (nSPS) is 10.6. The van der Waals surface area contributed by atoms with E-state index < -0.39 is 0 Å². The number of carbonyl (C=O) groups is 1. The second kappa shape index (κ2) is 6.55. The van der Waals surface area contributed by atoms with Crippen molar-refractivity contribution >= 4 is 12.0 Å². The zero-order valence-corrected chi connectivity index (χ0v) is 10.9. The lowest BCUT2D eigenvalue weighted by Crippen LogP contribution is -2.06. The van der Waals surface area contributed by atoms with Gasteiger partial charge in [0.15, 0.2) is 0 Å². The predicted molar refractivity (Wildman–Crippen MR) is 76.7 cm³/mol. The van der Waals surface area contributed by atoms with Gasteiger partial charge in [-0.15, -0.1) is 0 Å². The van der Waals surface area contributed by atoms with Crippen LogP contribution >= 0.6 is 0 Å². The monoisotopic (exact) mass is 252 g/mol. The van der Waals surface area contributed by atoms with Crippen molar-refractivity contribution in [2.75, 3.05) is 0 Å². The molecule has 0 spiro atoms. The molecular weight excluding hydrogens is 236 g/mol. The summed E-state index contributed by atoms with van der Waals surface area (Å²) in [6.07, 6.45) is 3.81. The largest absolute Gasteiger partial charge is 0.457 e. The molecule has 2 rings (SSSR count). The molecule has 0 aromatic heterocycles. The maximum atomic E-state index is 12.1. The third-order valence-electron chi connectivity index (χ3n) is 2.74. The minimum absolute atomic E-state index is 0.294. The van der Waals surface area contributed by atoms with E-state index in [4.69, 9.17) is 4.74 Å². The standard InChI is InChI=1S/C17H16O2/c1-2-8-15-11-6-7-12-16(15)17(18)19-13-14-9-4-3-5-10-14/h2-12H,13H2,1H3/b8-2+. The molecule has 0 atom stereocenters. The summed E-state index contributed by atoms with van der Waals surface area (Å²) >= 11 is 0. The summed E-state index contributed by atoms with van der Waals surface area (Å²) in [4.78, 5) is 12.1. The fourth-order valence-corrected chi connectivity index (χ4v) is 1.81. The topological polar surface area (TPSA) is 26.3 Å². The Bertz CT molecular complexity index is 571. The van der Waals surface area contributed by atoms with Gasteiger partial charge in [-0.1, -0.05) is 60.7 Å². The van der Waals surface area contributed by atoms with E-state index in [0.717, 1.165) is 11.1 Å². The number of hydrogen-bond donors (Lipinski definition) is 0. The Morgan fingerprint density at radius 3 is 2.47 bits per heavy atom. The van der Waals surface area contributed by atoms with Crippen LogP contribution in [0.1, 0.15) is 28.4 Å². The first-order valence-electron chi connectivity index (χ1n) is 6.24. The second-order valence-electron chi connectivity index (χ2n) is 4.15. The number of ether oxygens (including phenoxy) is 1. The molecule has 0 aliphatic heterocycles. The highest BCUT2D eigenvalue weighted by molar-refractivity contribution is 5.93. The van der Waals surface area contributed by atoms with E-state index in [1.54, 1.807) is 6.07 Å². The van der Waals surface area contributed by atoms with E-state index >= 15 is 0 Å². The van der Waals surface area contributed by atoms with Crippen LogP contribution in [0.15, 0.2) is 60.7 Å². The smallest absolute Gasteiger partial charge is 0.339 e. The molecular formula is C17H16O2. The SMILES string of the molecule is C/C=C/c1ccccc1C(=O)OCc1ccccc1. The highest BCUT2D eigenvalue weighted by Crippen LogP contribution is 2.13. The third kappa shape index (κ3) is 3.55. The quantitative estimate of drug-likeness (QED) is 0.766. The van der Waals surface area contributed by atoms with Crippen LogP contribution in [-0.2, 0) is 11.3 Å². The van der Waals surface area contributed by atoms with Gasteiger partial charge in [0.05, 0.1) is 5.56 Å². The van der Waals surface area contributed by atoms with Gasteiger partial charge >= 0.3 is 5.97 Å². The van der Waals surface area contributed by atoms with Crippen LogP contribution in [0.25, 0.3) is 6.08 Å². The fourth-order valence-electron chi connectivity index (χ4n) is 1.81. The summed E-state index contributed by atoms with van der Waals surface area (Å²) in [5.41, 5.74) is 2.46. The Kier molecular flexibility index (Phi) is 4.51. The third-order valence-corrected chi connectivity index (χ3v) is 2.74. The Morgan fingerprint density at radius 1 is 1.05 bits per heavy atom. The molecule has 2 aromatic rings. The highest BCUT2D eigenvalue weighted by Gasteiger charge is 2.10. The second-order valence-corrected chi connectivity index (χ2v) is 4.15. The molecule has 0 saturated heterocycles. The lowest BCUT2D eigenvalue weighted by atomic mass is 10.1. The maximum absolute atomic E-state index is 12.1. The molecule has 0 unspecified atom stereocenters. The van der Waals surface area contributed by atoms with Gasteiger partial charge in [0.1, 0.15) is 6.61 Å². The van der Waals surface area contributed by atoms with Crippen LogP contribution in [0, 0.1) is 0 Å². The van der Waals surface area contributed by atoms with Gasteiger partial charge in [-0.2, -0.15) is 0 Å². The van der Waals surface area contributed by atoms with Gasteiger partial charge in [0, 0.05) is 0 Å². The number of esters is 1. The summed E-state index contributed by atoms with van der Waals surface area (Å²) < 4.78 is 5.33. The average molecular weight is 252 g/mol. The van der Waals surface area contributed by atoms with Crippen molar-refractivity contribution < 1.29 is 9.53 Å². The lowest BCUT2D eigenvalue weighted by Gasteiger charge is -2.07. The number of allylic oxidation sites excluding steroid dienone is 1. The van der Waals surface area contributed by atoms with E-state index in [1.807, 2.05) is 67.6 Å². The lowest BCUT2D eigenvalue weighted by molar-refractivity contribution is 0.0472. The van der Waals surface area contributed by atoms with Crippen LogP contribution in [0.2, 0.25) is 0 Å². The van der Waals surface area contributed by atoms with Crippen molar-refractivity contribution in [3.05, 3.63) is 77.4 Å². The molecule has 2 nitrogen and oxygen atoms in total. The average Bonchev–Trinajstić information content (AvgIpc) is 2.47. The fraction of sp³-hybridized carbons (Fsp3) is 0.118. The van der Waals surface area contributed by atoms with Gasteiger partial charge in [-0.3, -0.25) is 0 Å². The molecule has 0 N–H and O–H groups in total. The first-order chi connectivity index (χ1) is 9.31. The van der Waals surface area contributed by atoms with Crippen molar-refractivity contribution in [2.24, 2.45) is 0 Å². The predicted octanol–water partition coefficient (Wildman–Crippen LogP) is 4.08. The Hall–Kier alpha value is -2.35. The van der Waals surface area contributed by atoms with E-state index in [1.165, 1.54) is 0 Å². The summed E-state index contributed by atoms with van der Waals surface area (Å²) in [6, 6.07) is 17.1. The van der Waals surface area contributed by atoms with Crippen LogP contribution in [0.5, 0.6) is 0 Å². The summed E-state index contributed by atoms with van der Waals surface area (Å²) in [5, 5.41) is 0. The van der Waals surface area contributed by atoms with Gasteiger partial charge in [0.25, 0.3) is 0 Å². The summed E-state index contributed by atoms with van der Waals surface area (Å²) in [7, 11) is 0. The van der Waals surface area contributed by atoms with Crippen molar-refractivity contribution in [3.8, 4) is 0 Å². The molecule has 0 radical (unpaired) electrons. The van der Waals surface area contributed by atoms with Crippen molar-refractivity contribution in [3.63, 3.8) is 0 Å². The number of carbonyl (C=O) groups excluding carboxylic acids is 1. The summed E-state index contributed by atoms with van der Waals surface area (Å²) in [6.45, 7) is 2.22. The van der Waals surface area contributed by atoms with E-state index in [9.17, 15) is 4.79 Å². The van der Waals surface area contributed by atoms with E-state index in [-0.39, 0.29) is 5.97 Å². The molecule has 96 valence electrons. The zero-order chi connectivity index (χ0) is 13.5. The van der Waals surface area contributed by atoms with Gasteiger partial charge < -0.3 is 4.74 Å². The zero-order valence-electron chi connectivity index (χ0n) is 10.9. The summed E-state index contributed by atoms with van der Waals surface area (Å²) in [5.74, 6) is -0.294. The number of hydrogen-bond acceptors (Lipinski definition) is 2. The number of rotatable bonds is 4. The van der Waals surface area contributed by atoms with Crippen molar-refractivity contribution in [1.29, 1.82) is 0 Å². The molecule has 0 heterocycles. The van der Waals surface area contributed by atoms with Crippen molar-refractivity contribution in [2.45, 2.75) is 13.5 Å². The molecule has 2 heteroatoms. The molecule has 2 aromatic carbocycles. The Balaban J connectivity index is 2.08. The molecule has 0 saturated carbocycles. The minimum atomic E-state index is -0.294. The highest BCUT2D eigenvalue weighted by atomic mass is 16.5. The van der Waals surface area contributed by atoms with Gasteiger partial charge in [0.2, 0.25) is 0 Å². The molecule has 0 aliphatic carbocycles. The maximum Gasteiger partial charge on any atom is 0.339 e. The van der Waals surface area contributed by atoms with Crippen molar-refractivity contribution in [1.82, 2.24) is 0 Å².